The molecule has 0 spiro atoms. The van der Waals surface area contributed by atoms with E-state index in [4.69, 9.17) is 11.6 Å². The van der Waals surface area contributed by atoms with E-state index in [1.807, 2.05) is 11.4 Å². The van der Waals surface area contributed by atoms with Gasteiger partial charge >= 0.3 is 0 Å². The first kappa shape index (κ1) is 14.3. The molecule has 1 N–H and O–H groups in total. The average Bonchev–Trinajstić information content (AvgIpc) is 2.63. The van der Waals surface area contributed by atoms with Gasteiger partial charge in [-0.1, -0.05) is 37.3 Å². The van der Waals surface area contributed by atoms with Crippen LogP contribution in [0.25, 0.3) is 0 Å². The maximum absolute atomic E-state index is 10.8. The molecule has 0 radical (unpaired) electrons. The smallest absolute Gasteiger partial charge is 0.108 e. The zero-order valence-electron chi connectivity index (χ0n) is 11.2. The third-order valence-electron chi connectivity index (χ3n) is 4.26. The van der Waals surface area contributed by atoms with Crippen LogP contribution in [0.3, 0.4) is 0 Å². The molecule has 1 aromatic heterocycles. The number of rotatable bonds is 3. The van der Waals surface area contributed by atoms with Crippen LogP contribution < -0.4 is 0 Å². The summed E-state index contributed by atoms with van der Waals surface area (Å²) in [5, 5.41) is 13.5. The number of halogens is 1. The molecule has 102 valence electrons. The molecule has 1 aliphatic carbocycles. The second-order valence-electron chi connectivity index (χ2n) is 5.45. The Balaban J connectivity index is 2.31. The summed E-state index contributed by atoms with van der Waals surface area (Å²) in [6, 6.07) is 1.88. The molecular weight excluding hydrogens is 266 g/mol. The largest absolute Gasteiger partial charge is 0.386 e. The van der Waals surface area contributed by atoms with Gasteiger partial charge in [-0.3, -0.25) is 0 Å². The lowest BCUT2D eigenvalue weighted by atomic mass is 9.82. The van der Waals surface area contributed by atoms with Crippen molar-refractivity contribution < 1.29 is 5.11 Å². The van der Waals surface area contributed by atoms with Gasteiger partial charge in [-0.25, -0.2) is 0 Å². The van der Waals surface area contributed by atoms with E-state index in [1.54, 1.807) is 11.3 Å². The molecule has 4 heteroatoms. The number of aliphatic hydroxyl groups excluding tert-OH is 1. The maximum atomic E-state index is 10.8. The fourth-order valence-electron chi connectivity index (χ4n) is 3.05. The Morgan fingerprint density at radius 1 is 1.28 bits per heavy atom. The molecule has 2 rings (SSSR count). The standard InChI is InChI=1S/C14H22ClNOS/c1-16(2)14(8-5-3-4-6-9-14)13(17)12-11(15)7-10-18-12/h7,10,13,17H,3-6,8-9H2,1-2H3. The molecule has 0 bridgehead atoms. The van der Waals surface area contributed by atoms with Crippen LogP contribution in [0, 0.1) is 0 Å². The van der Waals surface area contributed by atoms with Crippen molar-refractivity contribution in [3.63, 3.8) is 0 Å². The van der Waals surface area contributed by atoms with E-state index >= 15 is 0 Å². The number of aliphatic hydroxyl groups is 1. The Labute approximate surface area is 119 Å². The lowest BCUT2D eigenvalue weighted by molar-refractivity contribution is -0.0178. The average molecular weight is 288 g/mol. The van der Waals surface area contributed by atoms with Crippen molar-refractivity contribution in [1.29, 1.82) is 0 Å². The number of thiophene rings is 1. The Morgan fingerprint density at radius 2 is 1.89 bits per heavy atom. The minimum absolute atomic E-state index is 0.148. The van der Waals surface area contributed by atoms with Crippen LogP contribution >= 0.6 is 22.9 Å². The number of hydrogen-bond acceptors (Lipinski definition) is 3. The first-order valence-electron chi connectivity index (χ1n) is 6.66. The Morgan fingerprint density at radius 3 is 2.33 bits per heavy atom. The topological polar surface area (TPSA) is 23.5 Å². The lowest BCUT2D eigenvalue weighted by Crippen LogP contribution is -2.48. The second-order valence-corrected chi connectivity index (χ2v) is 6.80. The predicted molar refractivity (Wildman–Crippen MR) is 78.4 cm³/mol. The van der Waals surface area contributed by atoms with Gasteiger partial charge in [0.2, 0.25) is 0 Å². The van der Waals surface area contributed by atoms with Crippen LogP contribution in [0.1, 0.15) is 49.5 Å². The fourth-order valence-corrected chi connectivity index (χ4v) is 4.30. The Bertz CT molecular complexity index is 383. The molecule has 0 amide bonds. The highest BCUT2D eigenvalue weighted by atomic mass is 35.5. The predicted octanol–water partition coefficient (Wildman–Crippen LogP) is 4.09. The Hall–Kier alpha value is -0.0900. The minimum Gasteiger partial charge on any atom is -0.386 e. The van der Waals surface area contributed by atoms with Crippen LogP contribution in [-0.2, 0) is 0 Å². The Kier molecular flexibility index (Phi) is 4.70. The quantitative estimate of drug-likeness (QED) is 0.847. The number of hydrogen-bond donors (Lipinski definition) is 1. The first-order valence-corrected chi connectivity index (χ1v) is 7.92. The third kappa shape index (κ3) is 2.60. The molecule has 0 aliphatic heterocycles. The van der Waals surface area contributed by atoms with Gasteiger partial charge in [-0.2, -0.15) is 0 Å². The molecule has 1 aromatic rings. The van der Waals surface area contributed by atoms with Crippen molar-refractivity contribution in [2.45, 2.75) is 50.2 Å². The third-order valence-corrected chi connectivity index (χ3v) is 5.67. The van der Waals surface area contributed by atoms with E-state index in [0.29, 0.717) is 5.02 Å². The summed E-state index contributed by atoms with van der Waals surface area (Å²) in [5.41, 5.74) is -0.148. The van der Waals surface area contributed by atoms with Gasteiger partial charge in [-0.05, 0) is 38.4 Å². The van der Waals surface area contributed by atoms with Crippen molar-refractivity contribution >= 4 is 22.9 Å². The van der Waals surface area contributed by atoms with Gasteiger partial charge in [0, 0.05) is 0 Å². The van der Waals surface area contributed by atoms with Gasteiger partial charge in [0.1, 0.15) is 6.10 Å². The summed E-state index contributed by atoms with van der Waals surface area (Å²) in [6.45, 7) is 0. The molecular formula is C14H22ClNOS. The van der Waals surface area contributed by atoms with E-state index in [9.17, 15) is 5.11 Å². The monoisotopic (exact) mass is 287 g/mol. The van der Waals surface area contributed by atoms with Crippen molar-refractivity contribution in [3.05, 3.63) is 21.3 Å². The van der Waals surface area contributed by atoms with Gasteiger partial charge in [0.05, 0.1) is 15.4 Å². The van der Waals surface area contributed by atoms with Crippen LogP contribution in [0.4, 0.5) is 0 Å². The molecule has 0 saturated heterocycles. The molecule has 18 heavy (non-hydrogen) atoms. The highest BCUT2D eigenvalue weighted by Crippen LogP contribution is 2.44. The summed E-state index contributed by atoms with van der Waals surface area (Å²) in [7, 11) is 4.16. The van der Waals surface area contributed by atoms with Gasteiger partial charge in [0.25, 0.3) is 0 Å². The summed E-state index contributed by atoms with van der Waals surface area (Å²) >= 11 is 7.76. The zero-order chi connectivity index (χ0) is 13.2. The van der Waals surface area contributed by atoms with Crippen LogP contribution in [0.2, 0.25) is 5.02 Å². The van der Waals surface area contributed by atoms with E-state index in [0.717, 1.165) is 17.7 Å². The summed E-state index contributed by atoms with van der Waals surface area (Å²) in [4.78, 5) is 3.13. The van der Waals surface area contributed by atoms with Gasteiger partial charge in [0.15, 0.2) is 0 Å². The first-order chi connectivity index (χ1) is 8.58. The molecule has 2 nitrogen and oxygen atoms in total. The normalized spacial score (nSPS) is 21.8. The van der Waals surface area contributed by atoms with E-state index in [2.05, 4.69) is 19.0 Å². The van der Waals surface area contributed by atoms with Crippen LogP contribution in [0.5, 0.6) is 0 Å². The van der Waals surface area contributed by atoms with Crippen molar-refractivity contribution in [3.8, 4) is 0 Å². The van der Waals surface area contributed by atoms with Crippen molar-refractivity contribution in [1.82, 2.24) is 4.90 Å². The van der Waals surface area contributed by atoms with E-state index in [-0.39, 0.29) is 5.54 Å². The SMILES string of the molecule is CN(C)C1(C(O)c2sccc2Cl)CCCCCC1. The van der Waals surface area contributed by atoms with Crippen molar-refractivity contribution in [2.24, 2.45) is 0 Å². The zero-order valence-corrected chi connectivity index (χ0v) is 12.7. The molecule has 1 unspecified atom stereocenters. The fraction of sp³-hybridized carbons (Fsp3) is 0.714. The summed E-state index contributed by atoms with van der Waals surface area (Å²) in [6.07, 6.45) is 6.57. The van der Waals surface area contributed by atoms with Gasteiger partial charge < -0.3 is 10.0 Å². The van der Waals surface area contributed by atoms with Crippen molar-refractivity contribution in [2.75, 3.05) is 14.1 Å². The summed E-state index contributed by atoms with van der Waals surface area (Å²) < 4.78 is 0. The van der Waals surface area contributed by atoms with Gasteiger partial charge in [-0.15, -0.1) is 11.3 Å². The minimum atomic E-state index is -0.474. The molecule has 1 aliphatic rings. The van der Waals surface area contributed by atoms with E-state index in [1.165, 1.54) is 25.7 Å². The molecule has 1 fully saturated rings. The molecule has 1 saturated carbocycles. The molecule has 1 atom stereocenters. The van der Waals surface area contributed by atoms with Crippen LogP contribution in [0.15, 0.2) is 11.4 Å². The van der Waals surface area contributed by atoms with Crippen LogP contribution in [-0.4, -0.2) is 29.6 Å². The number of nitrogens with zero attached hydrogens (tertiary/aromatic N) is 1. The maximum Gasteiger partial charge on any atom is 0.108 e. The highest BCUT2D eigenvalue weighted by Gasteiger charge is 2.42. The van der Waals surface area contributed by atoms with E-state index < -0.39 is 6.10 Å². The lowest BCUT2D eigenvalue weighted by Gasteiger charge is -2.43. The number of likely N-dealkylation sites (N-methyl/N-ethyl adjacent to an activating group) is 1. The summed E-state index contributed by atoms with van der Waals surface area (Å²) in [5.74, 6) is 0. The second kappa shape index (κ2) is 5.91. The molecule has 0 aromatic carbocycles. The molecule has 1 heterocycles. The highest BCUT2D eigenvalue weighted by molar-refractivity contribution is 7.10.